The molecule has 0 spiro atoms. The molecule has 0 atom stereocenters. The van der Waals surface area contributed by atoms with Crippen molar-refractivity contribution < 1.29 is 4.39 Å². The van der Waals surface area contributed by atoms with E-state index in [0.29, 0.717) is 5.69 Å². The monoisotopic (exact) mass is 210 g/mol. The van der Waals surface area contributed by atoms with E-state index in [4.69, 9.17) is 0 Å². The fourth-order valence-electron chi connectivity index (χ4n) is 1.42. The highest BCUT2D eigenvalue weighted by Crippen LogP contribution is 2.18. The minimum Gasteiger partial charge on any atom is -0.375 e. The lowest BCUT2D eigenvalue weighted by molar-refractivity contribution is 0.623. The lowest BCUT2D eigenvalue weighted by Crippen LogP contribution is -2.15. The first-order chi connectivity index (χ1) is 7.15. The number of nitrogens with zero attached hydrogens (tertiary/aromatic N) is 1. The number of anilines is 1. The van der Waals surface area contributed by atoms with Crippen molar-refractivity contribution in [3.05, 3.63) is 29.6 Å². The Morgan fingerprint density at radius 3 is 2.67 bits per heavy atom. The first-order valence-electron chi connectivity index (χ1n) is 5.31. The summed E-state index contributed by atoms with van der Waals surface area (Å²) in [5, 5.41) is 3.30. The van der Waals surface area contributed by atoms with Crippen molar-refractivity contribution in [3.8, 4) is 0 Å². The van der Waals surface area contributed by atoms with Crippen LogP contribution < -0.4 is 10.2 Å². The van der Waals surface area contributed by atoms with Crippen LogP contribution in [0.3, 0.4) is 0 Å². The van der Waals surface area contributed by atoms with E-state index in [9.17, 15) is 4.39 Å². The Morgan fingerprint density at radius 2 is 2.07 bits per heavy atom. The predicted octanol–water partition coefficient (Wildman–Crippen LogP) is 2.39. The van der Waals surface area contributed by atoms with Gasteiger partial charge >= 0.3 is 0 Å². The van der Waals surface area contributed by atoms with Crippen LogP contribution in [0, 0.1) is 5.82 Å². The van der Waals surface area contributed by atoms with Gasteiger partial charge in [0.2, 0.25) is 0 Å². The smallest absolute Gasteiger partial charge is 0.146 e. The predicted molar refractivity (Wildman–Crippen MR) is 62.7 cm³/mol. The molecule has 1 aromatic carbocycles. The average Bonchev–Trinajstić information content (AvgIpc) is 2.20. The highest BCUT2D eigenvalue weighted by Gasteiger charge is 2.04. The first-order valence-corrected chi connectivity index (χ1v) is 5.31. The third kappa shape index (κ3) is 3.51. The molecule has 1 aromatic rings. The van der Waals surface area contributed by atoms with Crippen LogP contribution in [-0.4, -0.2) is 20.6 Å². The van der Waals surface area contributed by atoms with Crippen LogP contribution in [-0.2, 0) is 6.54 Å². The molecule has 0 bridgehead atoms. The Balaban J connectivity index is 2.70. The Kier molecular flexibility index (Phi) is 4.56. The van der Waals surface area contributed by atoms with E-state index >= 15 is 0 Å². The van der Waals surface area contributed by atoms with E-state index in [1.807, 2.05) is 26.2 Å². The van der Waals surface area contributed by atoms with Gasteiger partial charge in [-0.1, -0.05) is 13.0 Å². The van der Waals surface area contributed by atoms with Crippen LogP contribution in [0.25, 0.3) is 0 Å². The Labute approximate surface area is 91.1 Å². The second-order valence-corrected chi connectivity index (χ2v) is 3.86. The van der Waals surface area contributed by atoms with Gasteiger partial charge in [-0.25, -0.2) is 4.39 Å². The number of hydrogen-bond acceptors (Lipinski definition) is 2. The fourth-order valence-corrected chi connectivity index (χ4v) is 1.42. The number of hydrogen-bond donors (Lipinski definition) is 1. The molecule has 1 N–H and O–H groups in total. The molecule has 0 aliphatic heterocycles. The minimum atomic E-state index is -0.167. The molecular weight excluding hydrogens is 191 g/mol. The number of rotatable bonds is 5. The maximum atomic E-state index is 13.3. The third-order valence-corrected chi connectivity index (χ3v) is 2.25. The molecule has 0 saturated heterocycles. The normalized spacial score (nSPS) is 10.4. The summed E-state index contributed by atoms with van der Waals surface area (Å²) >= 11 is 0. The van der Waals surface area contributed by atoms with Gasteiger partial charge in [0.25, 0.3) is 0 Å². The molecule has 0 fully saturated rings. The molecule has 0 heterocycles. The molecule has 0 aliphatic rings. The van der Waals surface area contributed by atoms with Crippen molar-refractivity contribution in [1.82, 2.24) is 5.32 Å². The molecular formula is C12H19FN2. The molecule has 0 amide bonds. The van der Waals surface area contributed by atoms with Gasteiger partial charge in [-0.05, 0) is 30.7 Å². The van der Waals surface area contributed by atoms with Crippen molar-refractivity contribution in [1.29, 1.82) is 0 Å². The summed E-state index contributed by atoms with van der Waals surface area (Å²) in [5.41, 5.74) is 1.76. The van der Waals surface area contributed by atoms with Gasteiger partial charge in [0.05, 0.1) is 5.69 Å². The lowest BCUT2D eigenvalue weighted by Gasteiger charge is -2.15. The van der Waals surface area contributed by atoms with Crippen LogP contribution >= 0.6 is 0 Å². The average molecular weight is 210 g/mol. The highest BCUT2D eigenvalue weighted by atomic mass is 19.1. The SMILES string of the molecule is CCCNCc1ccc(F)c(N(C)C)c1. The molecule has 0 aromatic heterocycles. The summed E-state index contributed by atoms with van der Waals surface area (Å²) in [6.07, 6.45) is 1.11. The molecule has 0 unspecified atom stereocenters. The van der Waals surface area contributed by atoms with Gasteiger partial charge in [-0.3, -0.25) is 0 Å². The van der Waals surface area contributed by atoms with Crippen molar-refractivity contribution >= 4 is 5.69 Å². The van der Waals surface area contributed by atoms with Crippen LogP contribution in [0.15, 0.2) is 18.2 Å². The van der Waals surface area contributed by atoms with Gasteiger partial charge in [0, 0.05) is 20.6 Å². The van der Waals surface area contributed by atoms with Crippen LogP contribution in [0.2, 0.25) is 0 Å². The zero-order chi connectivity index (χ0) is 11.3. The lowest BCUT2D eigenvalue weighted by atomic mass is 10.2. The zero-order valence-electron chi connectivity index (χ0n) is 9.68. The van der Waals surface area contributed by atoms with Crippen molar-refractivity contribution in [2.24, 2.45) is 0 Å². The van der Waals surface area contributed by atoms with E-state index < -0.39 is 0 Å². The topological polar surface area (TPSA) is 15.3 Å². The summed E-state index contributed by atoms with van der Waals surface area (Å²) in [6.45, 7) is 3.92. The summed E-state index contributed by atoms with van der Waals surface area (Å²) in [6, 6.07) is 5.24. The number of nitrogens with one attached hydrogen (secondary N) is 1. The largest absolute Gasteiger partial charge is 0.375 e. The molecule has 0 aliphatic carbocycles. The van der Waals surface area contributed by atoms with E-state index in [2.05, 4.69) is 12.2 Å². The quantitative estimate of drug-likeness (QED) is 0.751. The van der Waals surface area contributed by atoms with Crippen LogP contribution in [0.4, 0.5) is 10.1 Å². The van der Waals surface area contributed by atoms with Crippen LogP contribution in [0.5, 0.6) is 0 Å². The van der Waals surface area contributed by atoms with Crippen molar-refractivity contribution in [2.75, 3.05) is 25.5 Å². The molecule has 15 heavy (non-hydrogen) atoms. The first kappa shape index (κ1) is 12.0. The maximum Gasteiger partial charge on any atom is 0.146 e. The summed E-state index contributed by atoms with van der Waals surface area (Å²) in [7, 11) is 3.70. The van der Waals surface area contributed by atoms with Gasteiger partial charge < -0.3 is 10.2 Å². The third-order valence-electron chi connectivity index (χ3n) is 2.25. The van der Waals surface area contributed by atoms with E-state index in [-0.39, 0.29) is 5.82 Å². The number of halogens is 1. The van der Waals surface area contributed by atoms with E-state index in [1.54, 1.807) is 4.90 Å². The van der Waals surface area contributed by atoms with Gasteiger partial charge in [0.15, 0.2) is 0 Å². The molecule has 0 saturated carbocycles. The molecule has 0 radical (unpaired) electrons. The van der Waals surface area contributed by atoms with Gasteiger partial charge in [0.1, 0.15) is 5.82 Å². The van der Waals surface area contributed by atoms with Crippen molar-refractivity contribution in [3.63, 3.8) is 0 Å². The van der Waals surface area contributed by atoms with Crippen LogP contribution in [0.1, 0.15) is 18.9 Å². The summed E-state index contributed by atoms with van der Waals surface area (Å²) in [5.74, 6) is -0.167. The Bertz CT molecular complexity index is 310. The summed E-state index contributed by atoms with van der Waals surface area (Å²) in [4.78, 5) is 1.79. The molecule has 2 nitrogen and oxygen atoms in total. The minimum absolute atomic E-state index is 0.167. The van der Waals surface area contributed by atoms with Gasteiger partial charge in [-0.15, -0.1) is 0 Å². The maximum absolute atomic E-state index is 13.3. The summed E-state index contributed by atoms with van der Waals surface area (Å²) < 4.78 is 13.3. The second-order valence-electron chi connectivity index (χ2n) is 3.86. The molecule has 84 valence electrons. The second kappa shape index (κ2) is 5.71. The number of benzene rings is 1. The molecule has 3 heteroatoms. The standard InChI is InChI=1S/C12H19FN2/c1-4-7-14-9-10-5-6-11(13)12(8-10)15(2)3/h5-6,8,14H,4,7,9H2,1-3H3. The zero-order valence-corrected chi connectivity index (χ0v) is 9.68. The fraction of sp³-hybridized carbons (Fsp3) is 0.500. The molecule has 1 rings (SSSR count). The van der Waals surface area contributed by atoms with E-state index in [0.717, 1.165) is 25.1 Å². The van der Waals surface area contributed by atoms with Gasteiger partial charge in [-0.2, -0.15) is 0 Å². The Hall–Kier alpha value is -1.09. The van der Waals surface area contributed by atoms with Crippen molar-refractivity contribution in [2.45, 2.75) is 19.9 Å². The highest BCUT2D eigenvalue weighted by molar-refractivity contribution is 5.48. The Morgan fingerprint density at radius 1 is 1.33 bits per heavy atom. The van der Waals surface area contributed by atoms with E-state index in [1.165, 1.54) is 6.07 Å².